The van der Waals surface area contributed by atoms with Crippen molar-refractivity contribution in [2.45, 2.75) is 19.3 Å². The first-order chi connectivity index (χ1) is 26.4. The molecule has 8 aromatic carbocycles. The molecule has 0 atom stereocenters. The summed E-state index contributed by atoms with van der Waals surface area (Å²) in [6.07, 6.45) is 0. The number of benzene rings is 8. The number of hydrogen-bond donors (Lipinski definition) is 0. The SMILES string of the molecule is CC1(C)c2ccccc2-c2ccc(N(c3ccccc3)c3cc(Br)cc(N(c4ccccc4)c4cc(-c5ccccc5)cc(-c5ccccc5)c4)c3)cc21. The molecule has 0 N–H and O–H groups in total. The molecule has 0 unspecified atom stereocenters. The zero-order chi connectivity index (χ0) is 36.6. The van der Waals surface area contributed by atoms with Crippen molar-refractivity contribution in [2.24, 2.45) is 0 Å². The Morgan fingerprint density at radius 2 is 0.778 bits per heavy atom. The topological polar surface area (TPSA) is 6.48 Å². The van der Waals surface area contributed by atoms with E-state index in [0.717, 1.165) is 49.7 Å². The number of nitrogens with zero attached hydrogens (tertiary/aromatic N) is 2. The van der Waals surface area contributed by atoms with E-state index in [-0.39, 0.29) is 5.41 Å². The Hall–Kier alpha value is -6.16. The van der Waals surface area contributed by atoms with Gasteiger partial charge in [-0.15, -0.1) is 0 Å². The van der Waals surface area contributed by atoms with Gasteiger partial charge < -0.3 is 9.80 Å². The summed E-state index contributed by atoms with van der Waals surface area (Å²) < 4.78 is 0.994. The third-order valence-corrected chi connectivity index (χ3v) is 11.1. The average Bonchev–Trinajstić information content (AvgIpc) is 3.45. The van der Waals surface area contributed by atoms with Crippen molar-refractivity contribution >= 4 is 50.1 Å². The molecule has 0 radical (unpaired) electrons. The molecular weight excluding hydrogens is 720 g/mol. The zero-order valence-corrected chi connectivity index (χ0v) is 31.9. The highest BCUT2D eigenvalue weighted by molar-refractivity contribution is 9.10. The Balaban J connectivity index is 1.24. The predicted octanol–water partition coefficient (Wildman–Crippen LogP) is 15.0. The van der Waals surface area contributed by atoms with Crippen molar-refractivity contribution < 1.29 is 0 Å². The Bertz CT molecular complexity index is 2520. The van der Waals surface area contributed by atoms with Crippen LogP contribution in [0.25, 0.3) is 33.4 Å². The van der Waals surface area contributed by atoms with Crippen LogP contribution in [0, 0.1) is 0 Å². The highest BCUT2D eigenvalue weighted by Gasteiger charge is 2.35. The highest BCUT2D eigenvalue weighted by Crippen LogP contribution is 2.51. The summed E-state index contributed by atoms with van der Waals surface area (Å²) in [7, 11) is 0. The van der Waals surface area contributed by atoms with Gasteiger partial charge in [0.05, 0.1) is 0 Å². The molecule has 0 heterocycles. The maximum atomic E-state index is 3.98. The number of anilines is 6. The fraction of sp³-hybridized carbons (Fsp3) is 0.0588. The third-order valence-electron chi connectivity index (χ3n) is 10.6. The fourth-order valence-electron chi connectivity index (χ4n) is 8.03. The molecule has 0 spiro atoms. The molecule has 8 aromatic rings. The number of para-hydroxylation sites is 2. The molecule has 0 amide bonds. The molecule has 3 heteroatoms. The number of fused-ring (bicyclic) bond motifs is 3. The lowest BCUT2D eigenvalue weighted by molar-refractivity contribution is 0.660. The summed E-state index contributed by atoms with van der Waals surface area (Å²) in [5.41, 5.74) is 16.4. The predicted molar refractivity (Wildman–Crippen MR) is 232 cm³/mol. The van der Waals surface area contributed by atoms with Gasteiger partial charge in [0.2, 0.25) is 0 Å². The smallest absolute Gasteiger partial charge is 0.0493 e. The first-order valence-corrected chi connectivity index (χ1v) is 19.2. The van der Waals surface area contributed by atoms with Crippen molar-refractivity contribution in [1.82, 2.24) is 0 Å². The second kappa shape index (κ2) is 14.0. The molecule has 260 valence electrons. The molecule has 0 fully saturated rings. The van der Waals surface area contributed by atoms with Gasteiger partial charge in [-0.3, -0.25) is 0 Å². The third kappa shape index (κ3) is 6.21. The molecule has 0 saturated carbocycles. The lowest BCUT2D eigenvalue weighted by Crippen LogP contribution is -2.17. The van der Waals surface area contributed by atoms with Crippen LogP contribution in [0.15, 0.2) is 205 Å². The van der Waals surface area contributed by atoms with Gasteiger partial charge >= 0.3 is 0 Å². The zero-order valence-electron chi connectivity index (χ0n) is 30.3. The van der Waals surface area contributed by atoms with Crippen LogP contribution in [0.4, 0.5) is 34.1 Å². The fourth-order valence-corrected chi connectivity index (χ4v) is 8.50. The Labute approximate surface area is 326 Å². The quantitative estimate of drug-likeness (QED) is 0.152. The molecule has 0 aromatic heterocycles. The van der Waals surface area contributed by atoms with Crippen LogP contribution in [0.2, 0.25) is 0 Å². The summed E-state index contributed by atoms with van der Waals surface area (Å²) in [6, 6.07) is 72.2. The van der Waals surface area contributed by atoms with E-state index in [4.69, 9.17) is 0 Å². The number of rotatable bonds is 8. The van der Waals surface area contributed by atoms with E-state index in [0.29, 0.717) is 0 Å². The molecule has 9 rings (SSSR count). The van der Waals surface area contributed by atoms with Crippen LogP contribution in [0.3, 0.4) is 0 Å². The minimum absolute atomic E-state index is 0.114. The van der Waals surface area contributed by atoms with E-state index in [1.54, 1.807) is 0 Å². The van der Waals surface area contributed by atoms with Gasteiger partial charge in [-0.1, -0.05) is 157 Å². The van der Waals surface area contributed by atoms with Gasteiger partial charge in [0.15, 0.2) is 0 Å². The van der Waals surface area contributed by atoms with Gasteiger partial charge in [0.25, 0.3) is 0 Å². The van der Waals surface area contributed by atoms with Gasteiger partial charge in [-0.2, -0.15) is 0 Å². The highest BCUT2D eigenvalue weighted by atomic mass is 79.9. The van der Waals surface area contributed by atoms with Crippen LogP contribution in [-0.4, -0.2) is 0 Å². The first-order valence-electron chi connectivity index (χ1n) is 18.5. The Morgan fingerprint density at radius 1 is 0.333 bits per heavy atom. The summed E-state index contributed by atoms with van der Waals surface area (Å²) in [4.78, 5) is 4.76. The van der Waals surface area contributed by atoms with Gasteiger partial charge in [-0.25, -0.2) is 0 Å². The van der Waals surface area contributed by atoms with E-state index >= 15 is 0 Å². The van der Waals surface area contributed by atoms with E-state index in [1.165, 1.54) is 33.4 Å². The molecule has 0 saturated heterocycles. The lowest BCUT2D eigenvalue weighted by atomic mass is 9.82. The van der Waals surface area contributed by atoms with Crippen molar-refractivity contribution in [3.63, 3.8) is 0 Å². The molecule has 0 bridgehead atoms. The van der Waals surface area contributed by atoms with Gasteiger partial charge in [0, 0.05) is 44.0 Å². The molecule has 0 aliphatic heterocycles. The number of hydrogen-bond acceptors (Lipinski definition) is 2. The van der Waals surface area contributed by atoms with Crippen LogP contribution in [-0.2, 0) is 5.41 Å². The lowest BCUT2D eigenvalue weighted by Gasteiger charge is -2.31. The number of halogens is 1. The summed E-state index contributed by atoms with van der Waals surface area (Å²) in [5, 5.41) is 0. The van der Waals surface area contributed by atoms with E-state index in [1.807, 2.05) is 0 Å². The molecule has 54 heavy (non-hydrogen) atoms. The van der Waals surface area contributed by atoms with Crippen LogP contribution in [0.1, 0.15) is 25.0 Å². The first kappa shape index (κ1) is 33.7. The second-order valence-corrected chi connectivity index (χ2v) is 15.3. The van der Waals surface area contributed by atoms with Gasteiger partial charge in [0.1, 0.15) is 0 Å². The van der Waals surface area contributed by atoms with Crippen molar-refractivity contribution in [1.29, 1.82) is 0 Å². The Kier molecular flexibility index (Phi) is 8.73. The largest absolute Gasteiger partial charge is 0.310 e. The molecular formula is C51H39BrN2. The van der Waals surface area contributed by atoms with Crippen LogP contribution in [0.5, 0.6) is 0 Å². The van der Waals surface area contributed by atoms with Crippen molar-refractivity contribution in [3.8, 4) is 33.4 Å². The summed E-state index contributed by atoms with van der Waals surface area (Å²) >= 11 is 3.98. The Morgan fingerprint density at radius 3 is 1.33 bits per heavy atom. The minimum atomic E-state index is -0.114. The van der Waals surface area contributed by atoms with Gasteiger partial charge in [-0.05, 0) is 117 Å². The molecule has 1 aliphatic rings. The minimum Gasteiger partial charge on any atom is -0.310 e. The normalized spacial score (nSPS) is 12.5. The maximum absolute atomic E-state index is 3.98. The van der Waals surface area contributed by atoms with Crippen LogP contribution < -0.4 is 9.80 Å². The van der Waals surface area contributed by atoms with E-state index in [9.17, 15) is 0 Å². The standard InChI is InChI=1S/C51H39BrN2/c1-51(2)49-26-16-15-25-47(49)48-28-27-43(35-50(48)51)53(41-21-11-5-12-22-41)45-32-40(52)33-46(34-45)54(42-23-13-6-14-24-42)44-30-38(36-17-7-3-8-18-36)29-39(31-44)37-19-9-4-10-20-37/h3-35H,1-2H3. The average molecular weight is 760 g/mol. The van der Waals surface area contributed by atoms with Crippen molar-refractivity contribution in [2.75, 3.05) is 9.80 Å². The maximum Gasteiger partial charge on any atom is 0.0493 e. The van der Waals surface area contributed by atoms with E-state index < -0.39 is 0 Å². The van der Waals surface area contributed by atoms with Crippen molar-refractivity contribution in [3.05, 3.63) is 216 Å². The summed E-state index contributed by atoms with van der Waals surface area (Å²) in [5.74, 6) is 0. The monoisotopic (exact) mass is 758 g/mol. The summed E-state index contributed by atoms with van der Waals surface area (Å²) in [6.45, 7) is 4.69. The van der Waals surface area contributed by atoms with E-state index in [2.05, 4.69) is 240 Å². The molecule has 1 aliphatic carbocycles. The second-order valence-electron chi connectivity index (χ2n) is 14.4. The molecule has 2 nitrogen and oxygen atoms in total. The van der Waals surface area contributed by atoms with Crippen LogP contribution >= 0.6 is 15.9 Å².